The molecule has 1 atom stereocenters. The molecule has 0 aliphatic rings. The number of pyridine rings is 1. The summed E-state index contributed by atoms with van der Waals surface area (Å²) in [5.41, 5.74) is 0.174. The van der Waals surface area contributed by atoms with E-state index in [0.717, 1.165) is 12.1 Å². The fourth-order valence-corrected chi connectivity index (χ4v) is 2.04. The van der Waals surface area contributed by atoms with E-state index >= 15 is 0 Å². The summed E-state index contributed by atoms with van der Waals surface area (Å²) in [4.78, 5) is 3.97. The number of halogens is 4. The van der Waals surface area contributed by atoms with E-state index in [1.807, 2.05) is 0 Å². The number of nitrogens with zero attached hydrogens (tertiary/aromatic N) is 1. The third-order valence-corrected chi connectivity index (χ3v) is 3.13. The Labute approximate surface area is 118 Å². The minimum Gasteiger partial charge on any atom is -0.386 e. The zero-order valence-electron chi connectivity index (χ0n) is 10.2. The number of benzene rings is 1. The normalized spacial score (nSPS) is 13.2. The lowest BCUT2D eigenvalue weighted by Crippen LogP contribution is -2.07. The molecule has 106 valence electrons. The Balaban J connectivity index is 2.13. The van der Waals surface area contributed by atoms with Crippen LogP contribution in [-0.4, -0.2) is 10.1 Å². The van der Waals surface area contributed by atoms with Crippen LogP contribution in [0.4, 0.5) is 13.2 Å². The molecule has 1 unspecified atom stereocenters. The maximum Gasteiger partial charge on any atom is 0.416 e. The molecule has 0 saturated carbocycles. The number of aliphatic hydroxyl groups is 1. The number of aliphatic hydroxyl groups excluding tert-OH is 1. The van der Waals surface area contributed by atoms with E-state index in [9.17, 15) is 18.3 Å². The topological polar surface area (TPSA) is 33.1 Å². The van der Waals surface area contributed by atoms with Gasteiger partial charge in [0, 0.05) is 12.6 Å². The van der Waals surface area contributed by atoms with Crippen molar-refractivity contribution in [1.82, 2.24) is 4.98 Å². The maximum absolute atomic E-state index is 12.4. The number of alkyl halides is 3. The van der Waals surface area contributed by atoms with Gasteiger partial charge in [-0.15, -0.1) is 0 Å². The van der Waals surface area contributed by atoms with Crippen LogP contribution in [0.5, 0.6) is 0 Å². The molecular weight excluding hydrogens is 291 g/mol. The first-order valence-corrected chi connectivity index (χ1v) is 6.20. The Morgan fingerprint density at radius 2 is 1.80 bits per heavy atom. The van der Waals surface area contributed by atoms with Crippen molar-refractivity contribution >= 4 is 11.6 Å². The van der Waals surface area contributed by atoms with Gasteiger partial charge in [0.15, 0.2) is 0 Å². The van der Waals surface area contributed by atoms with Gasteiger partial charge < -0.3 is 5.11 Å². The molecule has 1 aromatic heterocycles. The second-order valence-electron chi connectivity index (χ2n) is 4.29. The molecule has 0 radical (unpaired) electrons. The summed E-state index contributed by atoms with van der Waals surface area (Å²) < 4.78 is 37.3. The van der Waals surface area contributed by atoms with Crippen molar-refractivity contribution in [3.63, 3.8) is 0 Å². The van der Waals surface area contributed by atoms with Gasteiger partial charge in [-0.2, -0.15) is 13.2 Å². The van der Waals surface area contributed by atoms with Crippen LogP contribution >= 0.6 is 11.6 Å². The molecule has 1 heterocycles. The zero-order chi connectivity index (χ0) is 14.8. The minimum absolute atomic E-state index is 0.148. The summed E-state index contributed by atoms with van der Waals surface area (Å²) in [5, 5.41) is 10.3. The average Bonchev–Trinajstić information content (AvgIpc) is 2.38. The van der Waals surface area contributed by atoms with Crippen LogP contribution in [-0.2, 0) is 12.6 Å². The van der Waals surface area contributed by atoms with Crippen molar-refractivity contribution in [2.75, 3.05) is 0 Å². The molecule has 0 fully saturated rings. The zero-order valence-corrected chi connectivity index (χ0v) is 11.0. The van der Waals surface area contributed by atoms with E-state index < -0.39 is 17.8 Å². The second-order valence-corrected chi connectivity index (χ2v) is 4.69. The molecule has 2 nitrogen and oxygen atoms in total. The van der Waals surface area contributed by atoms with Gasteiger partial charge in [-0.25, -0.2) is 0 Å². The van der Waals surface area contributed by atoms with Crippen LogP contribution in [0.15, 0.2) is 42.6 Å². The highest BCUT2D eigenvalue weighted by Crippen LogP contribution is 2.30. The van der Waals surface area contributed by atoms with E-state index in [1.165, 1.54) is 18.3 Å². The molecule has 20 heavy (non-hydrogen) atoms. The second kappa shape index (κ2) is 5.81. The summed E-state index contributed by atoms with van der Waals surface area (Å²) in [6.45, 7) is 0. The molecule has 2 rings (SSSR count). The van der Waals surface area contributed by atoms with Crippen molar-refractivity contribution in [2.45, 2.75) is 18.7 Å². The summed E-state index contributed by atoms with van der Waals surface area (Å²) in [6, 6.07) is 7.88. The smallest absolute Gasteiger partial charge is 0.386 e. The first kappa shape index (κ1) is 14.8. The van der Waals surface area contributed by atoms with Gasteiger partial charge in [0.25, 0.3) is 0 Å². The highest BCUT2D eigenvalue weighted by atomic mass is 35.5. The molecular formula is C14H11ClF3NO. The third kappa shape index (κ3) is 3.49. The molecule has 0 amide bonds. The Kier molecular flexibility index (Phi) is 4.30. The van der Waals surface area contributed by atoms with Gasteiger partial charge in [0.2, 0.25) is 0 Å². The molecule has 6 heteroatoms. The van der Waals surface area contributed by atoms with Gasteiger partial charge >= 0.3 is 6.18 Å². The molecule has 1 N–H and O–H groups in total. The monoisotopic (exact) mass is 301 g/mol. The average molecular weight is 302 g/mol. The first-order chi connectivity index (χ1) is 9.38. The highest BCUT2D eigenvalue weighted by Gasteiger charge is 2.30. The first-order valence-electron chi connectivity index (χ1n) is 5.82. The van der Waals surface area contributed by atoms with Crippen LogP contribution < -0.4 is 0 Å². The van der Waals surface area contributed by atoms with E-state index in [4.69, 9.17) is 11.6 Å². The van der Waals surface area contributed by atoms with Gasteiger partial charge in [-0.1, -0.05) is 23.7 Å². The number of rotatable bonds is 3. The van der Waals surface area contributed by atoms with Crippen molar-refractivity contribution < 1.29 is 18.3 Å². The fourth-order valence-electron chi connectivity index (χ4n) is 1.79. The predicted molar refractivity (Wildman–Crippen MR) is 69.4 cm³/mol. The van der Waals surface area contributed by atoms with E-state index in [-0.39, 0.29) is 6.42 Å². The Morgan fingerprint density at radius 1 is 1.15 bits per heavy atom. The number of hydrogen-bond donors (Lipinski definition) is 1. The molecule has 1 aromatic carbocycles. The number of aromatic nitrogens is 1. The van der Waals surface area contributed by atoms with Crippen molar-refractivity contribution in [3.05, 3.63) is 64.4 Å². The summed E-state index contributed by atoms with van der Waals surface area (Å²) in [7, 11) is 0. The molecule has 0 aliphatic heterocycles. The molecule has 0 aliphatic carbocycles. The minimum atomic E-state index is -4.36. The van der Waals surface area contributed by atoms with E-state index in [0.29, 0.717) is 16.3 Å². The quantitative estimate of drug-likeness (QED) is 0.928. The predicted octanol–water partition coefficient (Wildman–Crippen LogP) is 4.03. The van der Waals surface area contributed by atoms with Crippen LogP contribution in [0.2, 0.25) is 5.02 Å². The van der Waals surface area contributed by atoms with Crippen LogP contribution in [0.1, 0.15) is 22.9 Å². The van der Waals surface area contributed by atoms with Crippen LogP contribution in [0, 0.1) is 0 Å². The molecule has 2 aromatic rings. The van der Waals surface area contributed by atoms with Crippen LogP contribution in [0.25, 0.3) is 0 Å². The van der Waals surface area contributed by atoms with E-state index in [1.54, 1.807) is 12.1 Å². The highest BCUT2D eigenvalue weighted by molar-refractivity contribution is 6.31. The Hall–Kier alpha value is -1.59. The van der Waals surface area contributed by atoms with Crippen molar-refractivity contribution in [3.8, 4) is 0 Å². The van der Waals surface area contributed by atoms with E-state index in [2.05, 4.69) is 4.98 Å². The summed E-state index contributed by atoms with van der Waals surface area (Å²) in [5.74, 6) is 0. The standard InChI is InChI=1S/C14H11ClF3NO/c15-11-2-1-7-19-13(11)12(20)8-9-3-5-10(6-4-9)14(16,17)18/h1-7,12,20H,8H2. The molecule has 0 spiro atoms. The van der Waals surface area contributed by atoms with Crippen molar-refractivity contribution in [2.24, 2.45) is 0 Å². The summed E-state index contributed by atoms with van der Waals surface area (Å²) >= 11 is 5.90. The molecule has 0 saturated heterocycles. The lowest BCUT2D eigenvalue weighted by atomic mass is 10.0. The molecule has 0 bridgehead atoms. The number of hydrogen-bond acceptors (Lipinski definition) is 2. The maximum atomic E-state index is 12.4. The van der Waals surface area contributed by atoms with Crippen LogP contribution in [0.3, 0.4) is 0 Å². The lowest BCUT2D eigenvalue weighted by molar-refractivity contribution is -0.137. The summed E-state index contributed by atoms with van der Waals surface area (Å²) in [6.07, 6.45) is -3.67. The fraction of sp³-hybridized carbons (Fsp3) is 0.214. The lowest BCUT2D eigenvalue weighted by Gasteiger charge is -2.12. The van der Waals surface area contributed by atoms with Gasteiger partial charge in [-0.05, 0) is 29.8 Å². The van der Waals surface area contributed by atoms with Gasteiger partial charge in [0.05, 0.1) is 16.3 Å². The van der Waals surface area contributed by atoms with Crippen molar-refractivity contribution in [1.29, 1.82) is 0 Å². The Bertz CT molecular complexity index is 584. The largest absolute Gasteiger partial charge is 0.416 e. The Morgan fingerprint density at radius 3 is 2.35 bits per heavy atom. The van der Waals surface area contributed by atoms with Gasteiger partial charge in [0.1, 0.15) is 6.10 Å². The third-order valence-electron chi connectivity index (χ3n) is 2.81. The SMILES string of the molecule is OC(Cc1ccc(C(F)(F)F)cc1)c1ncccc1Cl. The van der Waals surface area contributed by atoms with Gasteiger partial charge in [-0.3, -0.25) is 4.98 Å².